The van der Waals surface area contributed by atoms with Crippen LogP contribution >= 0.6 is 11.6 Å². The van der Waals surface area contributed by atoms with Crippen molar-refractivity contribution >= 4 is 23.1 Å². The number of carbonyl (C=O) groups excluding carboxylic acids is 1. The molecule has 2 aromatic rings. The van der Waals surface area contributed by atoms with Gasteiger partial charge in [0.15, 0.2) is 0 Å². The number of hydrogen-bond acceptors (Lipinski definition) is 3. The SMILES string of the molecule is O=C1N=c2ccccc2=C1c1ncncc1Cl. The van der Waals surface area contributed by atoms with E-state index in [9.17, 15) is 4.79 Å². The molecule has 0 saturated heterocycles. The quantitative estimate of drug-likeness (QED) is 0.733. The third-order valence-corrected chi connectivity index (χ3v) is 2.79. The van der Waals surface area contributed by atoms with Crippen LogP contribution in [0.15, 0.2) is 41.8 Å². The Morgan fingerprint density at radius 2 is 2.00 bits per heavy atom. The van der Waals surface area contributed by atoms with Gasteiger partial charge in [-0.05, 0) is 6.07 Å². The van der Waals surface area contributed by atoms with Crippen LogP contribution in [0.1, 0.15) is 5.69 Å². The second-order valence-electron chi connectivity index (χ2n) is 3.53. The molecule has 17 heavy (non-hydrogen) atoms. The summed E-state index contributed by atoms with van der Waals surface area (Å²) in [5, 5.41) is 1.77. The average Bonchev–Trinajstić information content (AvgIpc) is 2.66. The van der Waals surface area contributed by atoms with E-state index in [0.29, 0.717) is 21.6 Å². The van der Waals surface area contributed by atoms with E-state index < -0.39 is 0 Å². The van der Waals surface area contributed by atoms with Crippen LogP contribution in [0.2, 0.25) is 5.02 Å². The monoisotopic (exact) mass is 243 g/mol. The first kappa shape index (κ1) is 10.1. The lowest BCUT2D eigenvalue weighted by atomic mass is 10.1. The second kappa shape index (κ2) is 3.75. The summed E-state index contributed by atoms with van der Waals surface area (Å²) >= 11 is 6.00. The summed E-state index contributed by atoms with van der Waals surface area (Å²) in [7, 11) is 0. The minimum atomic E-state index is -0.313. The Balaban J connectivity index is 2.41. The molecular weight excluding hydrogens is 238 g/mol. The molecule has 2 heterocycles. The highest BCUT2D eigenvalue weighted by Gasteiger charge is 2.21. The van der Waals surface area contributed by atoms with Crippen molar-refractivity contribution in [1.29, 1.82) is 0 Å². The van der Waals surface area contributed by atoms with Crippen molar-refractivity contribution in [3.8, 4) is 0 Å². The fraction of sp³-hybridized carbons (Fsp3) is 0. The average molecular weight is 244 g/mol. The Bertz CT molecular complexity index is 739. The van der Waals surface area contributed by atoms with Gasteiger partial charge in [0.25, 0.3) is 5.91 Å². The van der Waals surface area contributed by atoms with Crippen LogP contribution < -0.4 is 10.6 Å². The number of hydrogen-bond donors (Lipinski definition) is 0. The zero-order chi connectivity index (χ0) is 11.8. The fourth-order valence-electron chi connectivity index (χ4n) is 1.79. The Morgan fingerprint density at radius 3 is 2.82 bits per heavy atom. The number of para-hydroxylation sites is 1. The molecule has 82 valence electrons. The summed E-state index contributed by atoms with van der Waals surface area (Å²) in [5.41, 5.74) is 0.869. The topological polar surface area (TPSA) is 55.2 Å². The third-order valence-electron chi connectivity index (χ3n) is 2.51. The van der Waals surface area contributed by atoms with E-state index in [0.717, 1.165) is 5.22 Å². The van der Waals surface area contributed by atoms with Crippen molar-refractivity contribution in [1.82, 2.24) is 9.97 Å². The number of nitrogens with zero attached hydrogens (tertiary/aromatic N) is 3. The minimum absolute atomic E-state index is 0.313. The predicted molar refractivity (Wildman–Crippen MR) is 61.8 cm³/mol. The van der Waals surface area contributed by atoms with Crippen LogP contribution in [0.4, 0.5) is 0 Å². The van der Waals surface area contributed by atoms with Gasteiger partial charge in [-0.3, -0.25) is 4.79 Å². The highest BCUT2D eigenvalue weighted by atomic mass is 35.5. The fourth-order valence-corrected chi connectivity index (χ4v) is 1.99. The van der Waals surface area contributed by atoms with Crippen molar-refractivity contribution < 1.29 is 4.79 Å². The molecule has 0 saturated carbocycles. The van der Waals surface area contributed by atoms with E-state index in [1.165, 1.54) is 12.5 Å². The highest BCUT2D eigenvalue weighted by molar-refractivity contribution is 6.34. The molecule has 5 heteroatoms. The molecular formula is C12H6ClN3O. The standard InChI is InChI=1S/C12H6ClN3O/c13-8-5-14-6-15-11(8)10-7-3-1-2-4-9(7)16-12(10)17/h1-6H. The van der Waals surface area contributed by atoms with Crippen molar-refractivity contribution in [2.75, 3.05) is 0 Å². The number of halogens is 1. The molecule has 0 unspecified atom stereocenters. The summed E-state index contributed by atoms with van der Waals surface area (Å²) in [6, 6.07) is 7.30. The first-order chi connectivity index (χ1) is 8.27. The van der Waals surface area contributed by atoms with Crippen LogP contribution in [0, 0.1) is 0 Å². The maximum atomic E-state index is 11.9. The van der Waals surface area contributed by atoms with Gasteiger partial charge in [-0.15, -0.1) is 0 Å². The smallest absolute Gasteiger partial charge is 0.267 e. The number of fused-ring (bicyclic) bond motifs is 1. The molecule has 0 fully saturated rings. The summed E-state index contributed by atoms with van der Waals surface area (Å²) in [4.78, 5) is 23.7. The van der Waals surface area contributed by atoms with Crippen molar-refractivity contribution in [3.63, 3.8) is 0 Å². The van der Waals surface area contributed by atoms with Crippen molar-refractivity contribution in [2.45, 2.75) is 0 Å². The number of carbonyl (C=O) groups is 1. The molecule has 1 amide bonds. The normalized spacial score (nSPS) is 13.5. The number of aromatic nitrogens is 2. The first-order valence-electron chi connectivity index (χ1n) is 4.95. The lowest BCUT2D eigenvalue weighted by molar-refractivity contribution is -0.112. The minimum Gasteiger partial charge on any atom is -0.267 e. The number of rotatable bonds is 1. The molecule has 3 rings (SSSR count). The maximum absolute atomic E-state index is 11.9. The van der Waals surface area contributed by atoms with Gasteiger partial charge in [0.1, 0.15) is 6.33 Å². The molecule has 1 aromatic carbocycles. The van der Waals surface area contributed by atoms with E-state index >= 15 is 0 Å². The predicted octanol–water partition coefficient (Wildman–Crippen LogP) is 0.489. The van der Waals surface area contributed by atoms with E-state index in [4.69, 9.17) is 11.6 Å². The summed E-state index contributed by atoms with van der Waals surface area (Å²) in [6.45, 7) is 0. The van der Waals surface area contributed by atoms with Gasteiger partial charge in [0.05, 0.1) is 21.6 Å². The van der Waals surface area contributed by atoms with Crippen molar-refractivity contribution in [3.05, 3.63) is 58.1 Å². The Morgan fingerprint density at radius 1 is 1.18 bits per heavy atom. The third kappa shape index (κ3) is 1.54. The number of amides is 1. The van der Waals surface area contributed by atoms with E-state index in [-0.39, 0.29) is 5.91 Å². The van der Waals surface area contributed by atoms with Gasteiger partial charge in [-0.1, -0.05) is 29.8 Å². The summed E-state index contributed by atoms with van der Waals surface area (Å²) in [6.07, 6.45) is 2.83. The van der Waals surface area contributed by atoms with Gasteiger partial charge < -0.3 is 0 Å². The molecule has 0 aliphatic carbocycles. The van der Waals surface area contributed by atoms with E-state index in [2.05, 4.69) is 15.0 Å². The van der Waals surface area contributed by atoms with Crippen LogP contribution in [-0.2, 0) is 4.79 Å². The molecule has 4 nitrogen and oxygen atoms in total. The zero-order valence-corrected chi connectivity index (χ0v) is 9.35. The van der Waals surface area contributed by atoms with Crippen molar-refractivity contribution in [2.24, 2.45) is 4.99 Å². The van der Waals surface area contributed by atoms with Crippen LogP contribution in [0.3, 0.4) is 0 Å². The van der Waals surface area contributed by atoms with Gasteiger partial charge in [0.2, 0.25) is 0 Å². The molecule has 1 aliphatic rings. The van der Waals surface area contributed by atoms with Gasteiger partial charge in [-0.2, -0.15) is 0 Å². The largest absolute Gasteiger partial charge is 0.280 e. The lowest BCUT2D eigenvalue weighted by Gasteiger charge is -2.00. The Kier molecular flexibility index (Phi) is 2.23. The van der Waals surface area contributed by atoms with Gasteiger partial charge in [-0.25, -0.2) is 15.0 Å². The van der Waals surface area contributed by atoms with Gasteiger partial charge >= 0.3 is 0 Å². The highest BCUT2D eigenvalue weighted by Crippen LogP contribution is 2.19. The molecule has 0 radical (unpaired) electrons. The first-order valence-corrected chi connectivity index (χ1v) is 5.33. The van der Waals surface area contributed by atoms with Crippen LogP contribution in [0.25, 0.3) is 5.57 Å². The second-order valence-corrected chi connectivity index (χ2v) is 3.94. The van der Waals surface area contributed by atoms with E-state index in [1.54, 1.807) is 6.07 Å². The number of benzene rings is 1. The summed E-state index contributed by atoms with van der Waals surface area (Å²) < 4.78 is 0. The molecule has 1 aliphatic heterocycles. The molecule has 0 N–H and O–H groups in total. The molecule has 1 aromatic heterocycles. The molecule has 0 spiro atoms. The zero-order valence-electron chi connectivity index (χ0n) is 8.59. The maximum Gasteiger partial charge on any atom is 0.280 e. The molecule has 0 atom stereocenters. The Labute approximate surface area is 101 Å². The molecule has 0 bridgehead atoms. The van der Waals surface area contributed by atoms with Gasteiger partial charge in [0, 0.05) is 11.4 Å². The van der Waals surface area contributed by atoms with Crippen LogP contribution in [-0.4, -0.2) is 15.9 Å². The van der Waals surface area contributed by atoms with E-state index in [1.807, 2.05) is 18.2 Å². The van der Waals surface area contributed by atoms with Crippen LogP contribution in [0.5, 0.6) is 0 Å². The Hall–Kier alpha value is -2.07. The lowest BCUT2D eigenvalue weighted by Crippen LogP contribution is -2.22. The summed E-state index contributed by atoms with van der Waals surface area (Å²) in [5.74, 6) is -0.313.